The van der Waals surface area contributed by atoms with Gasteiger partial charge in [-0.3, -0.25) is 14.5 Å². The zero-order valence-corrected chi connectivity index (χ0v) is 20.0. The van der Waals surface area contributed by atoms with Crippen molar-refractivity contribution in [2.75, 3.05) is 13.1 Å². The lowest BCUT2D eigenvalue weighted by Gasteiger charge is -2.42. The first-order chi connectivity index (χ1) is 16.5. The maximum Gasteiger partial charge on any atom is 0.250 e. The van der Waals surface area contributed by atoms with Gasteiger partial charge >= 0.3 is 0 Å². The Balaban J connectivity index is 1.28. The summed E-state index contributed by atoms with van der Waals surface area (Å²) in [6, 6.07) is 16.4. The van der Waals surface area contributed by atoms with Gasteiger partial charge in [-0.25, -0.2) is 0 Å². The number of piperidine rings is 1. The van der Waals surface area contributed by atoms with Crippen LogP contribution in [0.15, 0.2) is 69.6 Å². The Labute approximate surface area is 205 Å². The van der Waals surface area contributed by atoms with Gasteiger partial charge in [0.1, 0.15) is 11.5 Å². The molecule has 6 nitrogen and oxygen atoms in total. The smallest absolute Gasteiger partial charge is 0.250 e. The molecular weight excluding hydrogens is 496 g/mol. The minimum atomic E-state index is -0.178. The van der Waals surface area contributed by atoms with Crippen LogP contribution >= 0.6 is 15.9 Å². The average molecular weight is 519 g/mol. The molecule has 3 aliphatic heterocycles. The van der Waals surface area contributed by atoms with E-state index in [4.69, 9.17) is 4.74 Å². The summed E-state index contributed by atoms with van der Waals surface area (Å²) in [7, 11) is 0. The molecule has 4 heterocycles. The predicted molar refractivity (Wildman–Crippen MR) is 132 cm³/mol. The van der Waals surface area contributed by atoms with E-state index in [1.807, 2.05) is 41.0 Å². The van der Waals surface area contributed by atoms with Gasteiger partial charge in [-0.1, -0.05) is 34.1 Å². The molecule has 3 aliphatic rings. The molecule has 3 aromatic rings. The molecular formula is C27H23BrN2O4. The summed E-state index contributed by atoms with van der Waals surface area (Å²) in [6.07, 6.45) is 2.80. The number of hydrogen-bond acceptors (Lipinski definition) is 5. The number of fused-ring (bicyclic) bond motifs is 5. The number of carbonyl (C=O) groups is 1. The molecule has 1 N–H and O–H groups in total. The van der Waals surface area contributed by atoms with Crippen molar-refractivity contribution in [2.45, 2.75) is 25.4 Å². The van der Waals surface area contributed by atoms with E-state index in [9.17, 15) is 14.7 Å². The topological polar surface area (TPSA) is 71.8 Å². The van der Waals surface area contributed by atoms with E-state index in [0.717, 1.165) is 41.8 Å². The van der Waals surface area contributed by atoms with Crippen LogP contribution in [-0.4, -0.2) is 33.4 Å². The number of phenolic OH excluding ortho intramolecular Hbond substituents is 1. The van der Waals surface area contributed by atoms with Crippen molar-refractivity contribution < 1.29 is 14.6 Å². The van der Waals surface area contributed by atoms with E-state index < -0.39 is 0 Å². The number of pyridine rings is 1. The van der Waals surface area contributed by atoms with E-state index in [2.05, 4.69) is 20.8 Å². The van der Waals surface area contributed by atoms with Crippen molar-refractivity contribution in [3.8, 4) is 11.5 Å². The minimum Gasteiger partial charge on any atom is -0.507 e. The molecule has 1 aromatic heterocycles. The van der Waals surface area contributed by atoms with E-state index in [0.29, 0.717) is 29.3 Å². The molecule has 0 aliphatic carbocycles. The van der Waals surface area contributed by atoms with Crippen LogP contribution in [0.25, 0.3) is 6.08 Å². The molecule has 0 radical (unpaired) electrons. The van der Waals surface area contributed by atoms with Crippen LogP contribution in [0.5, 0.6) is 11.5 Å². The Hall–Kier alpha value is -3.16. The maximum absolute atomic E-state index is 13.0. The van der Waals surface area contributed by atoms with Gasteiger partial charge in [-0.15, -0.1) is 0 Å². The monoisotopic (exact) mass is 518 g/mol. The number of phenols is 1. The molecule has 6 rings (SSSR count). The summed E-state index contributed by atoms with van der Waals surface area (Å²) in [5, 5.41) is 10.7. The van der Waals surface area contributed by atoms with E-state index in [1.165, 1.54) is 0 Å². The normalized spacial score (nSPS) is 22.4. The van der Waals surface area contributed by atoms with Crippen molar-refractivity contribution >= 4 is 27.8 Å². The van der Waals surface area contributed by atoms with Gasteiger partial charge < -0.3 is 14.4 Å². The molecule has 34 heavy (non-hydrogen) atoms. The highest BCUT2D eigenvalue weighted by Crippen LogP contribution is 2.42. The van der Waals surface area contributed by atoms with Gasteiger partial charge in [0.15, 0.2) is 5.76 Å². The molecule has 2 bridgehead atoms. The Morgan fingerprint density at radius 2 is 1.85 bits per heavy atom. The first-order valence-corrected chi connectivity index (χ1v) is 12.2. The third-order valence-corrected chi connectivity index (χ3v) is 7.55. The summed E-state index contributed by atoms with van der Waals surface area (Å²) >= 11 is 3.42. The van der Waals surface area contributed by atoms with Gasteiger partial charge in [-0.05, 0) is 54.3 Å². The standard InChI is InChI=1S/C27H23BrN2O4/c28-19-6-4-16(5-7-19)11-24-26(33)20-8-9-23(31)21(27(20)34-24)15-29-12-17-10-18(14-29)22-2-1-3-25(32)30(22)13-17/h1-9,11,17-18,31H,10,12-15H2/b24-11-/t17-,18+/m1/s1. The van der Waals surface area contributed by atoms with Crippen molar-refractivity contribution in [3.63, 3.8) is 0 Å². The number of carbonyl (C=O) groups excluding carboxylic acids is 1. The Bertz CT molecular complexity index is 1390. The number of aromatic hydroxyl groups is 1. The molecule has 0 amide bonds. The number of likely N-dealkylation sites (tertiary alicyclic amines) is 1. The van der Waals surface area contributed by atoms with Crippen LogP contribution in [0, 0.1) is 5.92 Å². The first kappa shape index (κ1) is 21.4. The number of benzene rings is 2. The van der Waals surface area contributed by atoms with Crippen molar-refractivity contribution in [2.24, 2.45) is 5.92 Å². The van der Waals surface area contributed by atoms with Gasteiger partial charge in [0, 0.05) is 48.3 Å². The third-order valence-electron chi connectivity index (χ3n) is 7.02. The highest BCUT2D eigenvalue weighted by atomic mass is 79.9. The average Bonchev–Trinajstić information content (AvgIpc) is 3.13. The number of ether oxygens (including phenoxy) is 1. The number of ketones is 1. The minimum absolute atomic E-state index is 0.0659. The van der Waals surface area contributed by atoms with Gasteiger partial charge in [0.25, 0.3) is 5.56 Å². The van der Waals surface area contributed by atoms with Crippen LogP contribution in [0.1, 0.15) is 39.5 Å². The molecule has 1 saturated heterocycles. The fourth-order valence-corrected chi connectivity index (χ4v) is 5.77. The Morgan fingerprint density at radius 3 is 2.68 bits per heavy atom. The van der Waals surface area contributed by atoms with E-state index in [1.54, 1.807) is 24.3 Å². The quantitative estimate of drug-likeness (QED) is 0.515. The molecule has 2 aromatic carbocycles. The summed E-state index contributed by atoms with van der Waals surface area (Å²) in [5.74, 6) is 1.30. The molecule has 1 fully saturated rings. The fourth-order valence-electron chi connectivity index (χ4n) is 5.51. The Kier molecular flexibility index (Phi) is 5.19. The van der Waals surface area contributed by atoms with Gasteiger partial charge in [0.05, 0.1) is 11.1 Å². The number of hydrogen-bond donors (Lipinski definition) is 1. The molecule has 0 saturated carbocycles. The second kappa shape index (κ2) is 8.25. The summed E-state index contributed by atoms with van der Waals surface area (Å²) in [6.45, 7) is 2.82. The van der Waals surface area contributed by atoms with Crippen LogP contribution in [0.3, 0.4) is 0 Å². The molecule has 7 heteroatoms. The largest absolute Gasteiger partial charge is 0.507 e. The number of nitrogens with zero attached hydrogens (tertiary/aromatic N) is 2. The van der Waals surface area contributed by atoms with Crippen molar-refractivity contribution in [1.82, 2.24) is 9.47 Å². The highest BCUT2D eigenvalue weighted by Gasteiger charge is 2.36. The summed E-state index contributed by atoms with van der Waals surface area (Å²) in [5.41, 5.74) is 3.13. The number of rotatable bonds is 3. The number of halogens is 1. The van der Waals surface area contributed by atoms with E-state index in [-0.39, 0.29) is 28.8 Å². The van der Waals surface area contributed by atoms with Crippen LogP contribution in [0.4, 0.5) is 0 Å². The predicted octanol–water partition coefficient (Wildman–Crippen LogP) is 4.55. The molecule has 2 atom stereocenters. The number of Topliss-reactive ketones (excluding diaryl/α,β-unsaturated/α-hetero) is 1. The van der Waals surface area contributed by atoms with Gasteiger partial charge in [0.2, 0.25) is 5.78 Å². The van der Waals surface area contributed by atoms with Crippen LogP contribution in [0.2, 0.25) is 0 Å². The second-order valence-corrected chi connectivity index (χ2v) is 10.2. The third kappa shape index (κ3) is 3.69. The molecule has 0 spiro atoms. The first-order valence-electron chi connectivity index (χ1n) is 11.4. The lowest BCUT2D eigenvalue weighted by atomic mass is 9.83. The zero-order chi connectivity index (χ0) is 23.4. The number of allylic oxidation sites excluding steroid dienone is 1. The molecule has 0 unspecified atom stereocenters. The molecule has 172 valence electrons. The van der Waals surface area contributed by atoms with Gasteiger partial charge in [-0.2, -0.15) is 0 Å². The maximum atomic E-state index is 13.0. The van der Waals surface area contributed by atoms with Crippen LogP contribution in [-0.2, 0) is 13.1 Å². The second-order valence-electron chi connectivity index (χ2n) is 9.32. The number of aromatic nitrogens is 1. The lowest BCUT2D eigenvalue weighted by Crippen LogP contribution is -2.46. The van der Waals surface area contributed by atoms with Crippen molar-refractivity contribution in [1.29, 1.82) is 0 Å². The zero-order valence-electron chi connectivity index (χ0n) is 18.4. The fraction of sp³-hybridized carbons (Fsp3) is 0.259. The van der Waals surface area contributed by atoms with E-state index >= 15 is 0 Å². The summed E-state index contributed by atoms with van der Waals surface area (Å²) < 4.78 is 8.91. The highest BCUT2D eigenvalue weighted by molar-refractivity contribution is 9.10. The lowest BCUT2D eigenvalue weighted by molar-refractivity contribution is 0.101. The summed E-state index contributed by atoms with van der Waals surface area (Å²) in [4.78, 5) is 27.6. The van der Waals surface area contributed by atoms with Crippen LogP contribution < -0.4 is 10.3 Å². The van der Waals surface area contributed by atoms with Crippen molar-refractivity contribution in [3.05, 3.63) is 97.6 Å². The SMILES string of the molecule is O=C1/C(=C/c2ccc(Br)cc2)Oc2c1ccc(O)c2CN1C[C@H]2C[C@@H](C1)c1cccc(=O)n1C2. The Morgan fingerprint density at radius 1 is 1.03 bits per heavy atom.